The minimum absolute atomic E-state index is 0.00816. The summed E-state index contributed by atoms with van der Waals surface area (Å²) in [6.07, 6.45) is 5.34. The summed E-state index contributed by atoms with van der Waals surface area (Å²) < 4.78 is 16.7. The molecule has 0 unspecified atom stereocenters. The van der Waals surface area contributed by atoms with E-state index in [4.69, 9.17) is 16.7 Å². The lowest BCUT2D eigenvalue weighted by Gasteiger charge is -2.56. The van der Waals surface area contributed by atoms with Crippen molar-refractivity contribution in [3.8, 4) is 11.1 Å². The number of ketones is 1. The number of nitrogens with zero attached hydrogens (tertiary/aromatic N) is 2. The summed E-state index contributed by atoms with van der Waals surface area (Å²) in [5, 5.41) is 14.9. The van der Waals surface area contributed by atoms with E-state index in [2.05, 4.69) is 5.10 Å². The molecule has 37 heavy (non-hydrogen) atoms. The standard InChI is InChI=1S/C30H26ClFN2O3/c31-23-10-21-16-33-34(17-18-6-7-24(26(32)8-18)20-4-2-1-3-5-20)28(21)25(11-23)27(35)9-19-12-30(13-19)14-22(15-30)29(36)37/h1-8,10-11,16,19,22H,9,12-15,17H2,(H,36,37). The number of aromatic nitrogens is 2. The summed E-state index contributed by atoms with van der Waals surface area (Å²) in [5.74, 6) is -0.986. The molecule has 0 amide bonds. The van der Waals surface area contributed by atoms with E-state index in [0.717, 1.165) is 42.2 Å². The van der Waals surface area contributed by atoms with Crippen molar-refractivity contribution in [2.45, 2.75) is 38.6 Å². The highest BCUT2D eigenvalue weighted by atomic mass is 35.5. The Hall–Kier alpha value is -3.51. The lowest BCUT2D eigenvalue weighted by Crippen LogP contribution is -2.50. The number of benzene rings is 3. The second-order valence-electron chi connectivity index (χ2n) is 10.7. The average molecular weight is 517 g/mol. The number of carbonyl (C=O) groups excluding carboxylic acids is 1. The largest absolute Gasteiger partial charge is 0.481 e. The fourth-order valence-electron chi connectivity index (χ4n) is 6.39. The van der Waals surface area contributed by atoms with Crippen molar-refractivity contribution in [3.63, 3.8) is 0 Å². The van der Waals surface area contributed by atoms with Gasteiger partial charge in [-0.1, -0.05) is 54.1 Å². The van der Waals surface area contributed by atoms with E-state index in [9.17, 15) is 14.0 Å². The highest BCUT2D eigenvalue weighted by Crippen LogP contribution is 2.62. The Morgan fingerprint density at radius 3 is 2.51 bits per heavy atom. The van der Waals surface area contributed by atoms with Crippen LogP contribution in [0.2, 0.25) is 5.02 Å². The van der Waals surface area contributed by atoms with Crippen LogP contribution in [0, 0.1) is 23.1 Å². The van der Waals surface area contributed by atoms with Crippen LogP contribution in [0.4, 0.5) is 4.39 Å². The number of carbonyl (C=O) groups is 2. The summed E-state index contributed by atoms with van der Waals surface area (Å²) >= 11 is 6.35. The lowest BCUT2D eigenvalue weighted by atomic mass is 9.47. The summed E-state index contributed by atoms with van der Waals surface area (Å²) in [6, 6.07) is 18.1. The van der Waals surface area contributed by atoms with Gasteiger partial charge in [0.25, 0.3) is 0 Å². The van der Waals surface area contributed by atoms with Gasteiger partial charge in [-0.3, -0.25) is 14.3 Å². The number of aliphatic carboxylic acids is 1. The number of hydrogen-bond acceptors (Lipinski definition) is 3. The van der Waals surface area contributed by atoms with E-state index in [1.54, 1.807) is 29.1 Å². The second-order valence-corrected chi connectivity index (χ2v) is 11.2. The number of carboxylic acid groups (broad SMARTS) is 1. The van der Waals surface area contributed by atoms with E-state index in [1.165, 1.54) is 6.07 Å². The van der Waals surface area contributed by atoms with Crippen LogP contribution in [0.1, 0.15) is 48.0 Å². The third kappa shape index (κ3) is 4.44. The van der Waals surface area contributed by atoms with Gasteiger partial charge in [-0.05, 0) is 66.3 Å². The second kappa shape index (κ2) is 9.10. The van der Waals surface area contributed by atoms with Gasteiger partial charge in [0.05, 0.1) is 24.2 Å². The molecule has 2 aliphatic rings. The minimum Gasteiger partial charge on any atom is -0.481 e. The van der Waals surface area contributed by atoms with Crippen LogP contribution in [0.15, 0.2) is 66.9 Å². The third-order valence-electron chi connectivity index (χ3n) is 8.08. The molecule has 1 N–H and O–H groups in total. The third-order valence-corrected chi connectivity index (χ3v) is 8.29. The van der Waals surface area contributed by atoms with Gasteiger partial charge < -0.3 is 5.11 Å². The quantitative estimate of drug-likeness (QED) is 0.268. The summed E-state index contributed by atoms with van der Waals surface area (Å²) in [6.45, 7) is 0.320. The Bertz CT molecular complexity index is 1520. The van der Waals surface area contributed by atoms with Gasteiger partial charge in [-0.2, -0.15) is 5.10 Å². The van der Waals surface area contributed by atoms with Crippen LogP contribution < -0.4 is 0 Å². The number of fused-ring (bicyclic) bond motifs is 1. The number of hydrogen-bond donors (Lipinski definition) is 1. The molecule has 0 aliphatic heterocycles. The molecule has 7 heteroatoms. The van der Waals surface area contributed by atoms with E-state index >= 15 is 0 Å². The molecule has 1 aromatic heterocycles. The van der Waals surface area contributed by atoms with Crippen LogP contribution in [0.3, 0.4) is 0 Å². The van der Waals surface area contributed by atoms with Crippen molar-refractivity contribution in [2.24, 2.45) is 17.3 Å². The molecule has 188 valence electrons. The SMILES string of the molecule is O=C(CC1CC2(C1)CC(C(=O)O)C2)c1cc(Cl)cc2cnn(Cc3ccc(-c4ccccc4)c(F)c3)c12. The molecule has 1 spiro atoms. The predicted molar refractivity (Wildman–Crippen MR) is 140 cm³/mol. The van der Waals surface area contributed by atoms with Crippen molar-refractivity contribution in [1.29, 1.82) is 0 Å². The number of rotatable bonds is 7. The maximum Gasteiger partial charge on any atom is 0.306 e. The Morgan fingerprint density at radius 1 is 1.05 bits per heavy atom. The van der Waals surface area contributed by atoms with Gasteiger partial charge in [0.2, 0.25) is 0 Å². The Labute approximate surface area is 218 Å². The maximum atomic E-state index is 15.0. The van der Waals surface area contributed by atoms with Crippen molar-refractivity contribution >= 4 is 34.3 Å². The molecule has 2 saturated carbocycles. The van der Waals surface area contributed by atoms with Crippen molar-refractivity contribution in [2.75, 3.05) is 0 Å². The fraction of sp³-hybridized carbons (Fsp3) is 0.300. The first-order valence-electron chi connectivity index (χ1n) is 12.6. The molecule has 2 fully saturated rings. The first kappa shape index (κ1) is 23.9. The summed E-state index contributed by atoms with van der Waals surface area (Å²) in [7, 11) is 0. The topological polar surface area (TPSA) is 72.2 Å². The Balaban J connectivity index is 1.21. The van der Waals surface area contributed by atoms with E-state index in [1.807, 2.05) is 36.4 Å². The van der Waals surface area contributed by atoms with E-state index < -0.39 is 5.97 Å². The van der Waals surface area contributed by atoms with Gasteiger partial charge in [0, 0.05) is 28.0 Å². The van der Waals surface area contributed by atoms with Crippen molar-refractivity contribution < 1.29 is 19.1 Å². The zero-order valence-corrected chi connectivity index (χ0v) is 20.9. The molecule has 5 nitrogen and oxygen atoms in total. The van der Waals surface area contributed by atoms with Gasteiger partial charge in [-0.25, -0.2) is 4.39 Å². The molecule has 4 aromatic rings. The fourth-order valence-corrected chi connectivity index (χ4v) is 6.61. The monoisotopic (exact) mass is 516 g/mol. The normalized spacial score (nSPS) is 22.5. The lowest BCUT2D eigenvalue weighted by molar-refractivity contribution is -0.157. The van der Waals surface area contributed by atoms with Gasteiger partial charge in [0.1, 0.15) is 5.82 Å². The molecular weight excluding hydrogens is 491 g/mol. The van der Waals surface area contributed by atoms with Crippen LogP contribution in [0.25, 0.3) is 22.0 Å². The minimum atomic E-state index is -0.714. The highest BCUT2D eigenvalue weighted by molar-refractivity contribution is 6.32. The number of Topliss-reactive ketones (excluding diaryl/α,β-unsaturated/α-hetero) is 1. The molecule has 1 heterocycles. The molecule has 0 bridgehead atoms. The summed E-state index contributed by atoms with van der Waals surface area (Å²) in [4.78, 5) is 24.6. The van der Waals surface area contributed by atoms with Crippen LogP contribution in [-0.2, 0) is 11.3 Å². The molecule has 0 atom stereocenters. The van der Waals surface area contributed by atoms with E-state index in [-0.39, 0.29) is 28.9 Å². The molecule has 0 saturated heterocycles. The molecular formula is C30H26ClFN2O3. The Kier molecular flexibility index (Phi) is 5.87. The van der Waals surface area contributed by atoms with Crippen molar-refractivity contribution in [1.82, 2.24) is 9.78 Å². The molecule has 3 aromatic carbocycles. The predicted octanol–water partition coefficient (Wildman–Crippen LogP) is 7.01. The zero-order chi connectivity index (χ0) is 25.7. The van der Waals surface area contributed by atoms with Gasteiger partial charge in [0.15, 0.2) is 5.78 Å². The van der Waals surface area contributed by atoms with Crippen molar-refractivity contribution in [3.05, 3.63) is 88.8 Å². The smallest absolute Gasteiger partial charge is 0.306 e. The first-order chi connectivity index (χ1) is 17.8. The molecule has 2 aliphatic carbocycles. The van der Waals surface area contributed by atoms with Crippen LogP contribution in [0.5, 0.6) is 0 Å². The van der Waals surface area contributed by atoms with Gasteiger partial charge >= 0.3 is 5.97 Å². The zero-order valence-electron chi connectivity index (χ0n) is 20.2. The number of halogens is 2. The highest BCUT2D eigenvalue weighted by Gasteiger charge is 2.54. The maximum absolute atomic E-state index is 15.0. The summed E-state index contributed by atoms with van der Waals surface area (Å²) in [5.41, 5.74) is 3.45. The van der Waals surface area contributed by atoms with Crippen LogP contribution in [-0.4, -0.2) is 26.6 Å². The molecule has 0 radical (unpaired) electrons. The van der Waals surface area contributed by atoms with E-state index in [0.29, 0.717) is 34.6 Å². The van der Waals surface area contributed by atoms with Gasteiger partial charge in [-0.15, -0.1) is 0 Å². The number of carboxylic acids is 1. The Morgan fingerprint density at radius 2 is 1.81 bits per heavy atom. The first-order valence-corrected chi connectivity index (χ1v) is 12.9. The van der Waals surface area contributed by atoms with Crippen LogP contribution >= 0.6 is 11.6 Å². The molecule has 6 rings (SSSR count). The average Bonchev–Trinajstić information content (AvgIpc) is 3.21.